The topological polar surface area (TPSA) is 75.6 Å². The van der Waals surface area contributed by atoms with Crippen LogP contribution < -0.4 is 0 Å². The van der Waals surface area contributed by atoms with Gasteiger partial charge in [-0.25, -0.2) is 0 Å². The number of hydrogen-bond acceptors (Lipinski definition) is 6. The number of fused-ring (bicyclic) bond motifs is 2. The predicted molar refractivity (Wildman–Crippen MR) is 115 cm³/mol. The highest BCUT2D eigenvalue weighted by molar-refractivity contribution is 5.92. The Labute approximate surface area is 182 Å². The average Bonchev–Trinajstić information content (AvgIpc) is 3.35. The van der Waals surface area contributed by atoms with Crippen LogP contribution in [0.5, 0.6) is 0 Å². The lowest BCUT2D eigenvalue weighted by Gasteiger charge is -2.48. The van der Waals surface area contributed by atoms with Crippen LogP contribution in [0, 0.1) is 20.8 Å². The lowest BCUT2D eigenvalue weighted by molar-refractivity contribution is 0.0563. The van der Waals surface area contributed by atoms with Crippen molar-refractivity contribution in [2.45, 2.75) is 52.1 Å². The molecule has 0 atom stereocenters. The van der Waals surface area contributed by atoms with Gasteiger partial charge in [-0.15, -0.1) is 0 Å². The first kappa shape index (κ1) is 20.0. The number of likely N-dealkylation sites (tertiary alicyclic amines) is 1. The minimum absolute atomic E-state index is 0.0292. The van der Waals surface area contributed by atoms with Gasteiger partial charge in [0.05, 0.1) is 5.69 Å². The standard InChI is InChI=1S/C24H28N4O3/c1-16-12-22(26-30-16)23(29)28-13-19-6-4-5-7-21(19)24(15-28)8-10-27(11-9-24)14-20-17(2)25-31-18(20)3/h4-7,12H,8-11,13-15H2,1-3H3. The minimum Gasteiger partial charge on any atom is -0.361 e. The summed E-state index contributed by atoms with van der Waals surface area (Å²) in [7, 11) is 0. The molecule has 31 heavy (non-hydrogen) atoms. The maximum atomic E-state index is 13.2. The lowest BCUT2D eigenvalue weighted by atomic mass is 9.68. The van der Waals surface area contributed by atoms with E-state index >= 15 is 0 Å². The fourth-order valence-electron chi connectivity index (χ4n) is 5.18. The molecule has 1 spiro atoms. The van der Waals surface area contributed by atoms with Crippen LogP contribution in [0.15, 0.2) is 39.4 Å². The Morgan fingerprint density at radius 1 is 1.10 bits per heavy atom. The maximum Gasteiger partial charge on any atom is 0.276 e. The molecule has 1 saturated heterocycles. The summed E-state index contributed by atoms with van der Waals surface area (Å²) < 4.78 is 10.5. The molecule has 0 aliphatic carbocycles. The Balaban J connectivity index is 1.38. The van der Waals surface area contributed by atoms with Crippen molar-refractivity contribution < 1.29 is 13.8 Å². The van der Waals surface area contributed by atoms with Crippen LogP contribution in [0.2, 0.25) is 0 Å². The van der Waals surface area contributed by atoms with Crippen LogP contribution in [-0.4, -0.2) is 45.7 Å². The zero-order valence-electron chi connectivity index (χ0n) is 18.4. The average molecular weight is 421 g/mol. The molecule has 5 rings (SSSR count). The third-order valence-corrected chi connectivity index (χ3v) is 6.95. The molecule has 7 heteroatoms. The Morgan fingerprint density at radius 2 is 1.87 bits per heavy atom. The number of benzene rings is 1. The number of nitrogens with zero attached hydrogens (tertiary/aromatic N) is 4. The van der Waals surface area contributed by atoms with Gasteiger partial charge in [0.1, 0.15) is 11.5 Å². The quantitative estimate of drug-likeness (QED) is 0.642. The molecule has 162 valence electrons. The van der Waals surface area contributed by atoms with E-state index in [9.17, 15) is 4.79 Å². The molecule has 2 aliphatic rings. The van der Waals surface area contributed by atoms with E-state index in [1.807, 2.05) is 25.7 Å². The molecule has 0 bridgehead atoms. The Hall–Kier alpha value is -2.93. The van der Waals surface area contributed by atoms with Gasteiger partial charge in [-0.05, 0) is 57.8 Å². The largest absolute Gasteiger partial charge is 0.361 e. The maximum absolute atomic E-state index is 13.2. The second-order valence-electron chi connectivity index (χ2n) is 9.00. The normalized spacial score (nSPS) is 18.4. The molecule has 1 amide bonds. The van der Waals surface area contributed by atoms with Gasteiger partial charge in [0.15, 0.2) is 5.69 Å². The summed E-state index contributed by atoms with van der Waals surface area (Å²) in [6.45, 7) is 9.94. The van der Waals surface area contributed by atoms with Gasteiger partial charge in [0.25, 0.3) is 5.91 Å². The van der Waals surface area contributed by atoms with Crippen LogP contribution in [0.3, 0.4) is 0 Å². The van der Waals surface area contributed by atoms with E-state index < -0.39 is 0 Å². The Kier molecular flexibility index (Phi) is 4.93. The van der Waals surface area contributed by atoms with E-state index in [0.29, 0.717) is 24.5 Å². The van der Waals surface area contributed by atoms with Crippen LogP contribution >= 0.6 is 0 Å². The second kappa shape index (κ2) is 7.64. The Bertz CT molecular complexity index is 1090. The van der Waals surface area contributed by atoms with Crippen LogP contribution in [0.25, 0.3) is 0 Å². The number of aryl methyl sites for hydroxylation is 3. The lowest BCUT2D eigenvalue weighted by Crippen LogP contribution is -2.53. The second-order valence-corrected chi connectivity index (χ2v) is 9.00. The van der Waals surface area contributed by atoms with Gasteiger partial charge in [-0.1, -0.05) is 34.6 Å². The van der Waals surface area contributed by atoms with Crippen molar-refractivity contribution in [3.63, 3.8) is 0 Å². The van der Waals surface area contributed by atoms with Gasteiger partial charge in [0, 0.05) is 36.7 Å². The summed E-state index contributed by atoms with van der Waals surface area (Å²) >= 11 is 0. The summed E-state index contributed by atoms with van der Waals surface area (Å²) in [6.07, 6.45) is 2.02. The predicted octanol–water partition coefficient (Wildman–Crippen LogP) is 3.78. The van der Waals surface area contributed by atoms with Crippen molar-refractivity contribution in [3.05, 3.63) is 69.9 Å². The summed E-state index contributed by atoms with van der Waals surface area (Å²) in [5, 5.41) is 8.06. The molecule has 1 aromatic carbocycles. The highest BCUT2D eigenvalue weighted by atomic mass is 16.5. The van der Waals surface area contributed by atoms with Crippen molar-refractivity contribution in [1.82, 2.24) is 20.1 Å². The molecular weight excluding hydrogens is 392 g/mol. The van der Waals surface area contributed by atoms with E-state index in [0.717, 1.165) is 43.9 Å². The number of hydrogen-bond donors (Lipinski definition) is 0. The van der Waals surface area contributed by atoms with Crippen molar-refractivity contribution in [2.75, 3.05) is 19.6 Å². The molecule has 1 fully saturated rings. The van der Waals surface area contributed by atoms with Crippen LogP contribution in [-0.2, 0) is 18.5 Å². The minimum atomic E-state index is -0.0520. The number of rotatable bonds is 3. The number of amides is 1. The summed E-state index contributed by atoms with van der Waals surface area (Å²) in [4.78, 5) is 17.6. The van der Waals surface area contributed by atoms with E-state index in [4.69, 9.17) is 9.05 Å². The number of carbonyl (C=O) groups is 1. The smallest absolute Gasteiger partial charge is 0.276 e. The highest BCUT2D eigenvalue weighted by Crippen LogP contribution is 2.42. The first-order valence-corrected chi connectivity index (χ1v) is 10.9. The molecule has 7 nitrogen and oxygen atoms in total. The SMILES string of the molecule is Cc1cc(C(=O)N2Cc3ccccc3C3(CCN(Cc4c(C)noc4C)CC3)C2)no1. The zero-order valence-corrected chi connectivity index (χ0v) is 18.4. The number of aromatic nitrogens is 2. The molecule has 0 unspecified atom stereocenters. The van der Waals surface area contributed by atoms with Gasteiger partial charge in [0.2, 0.25) is 0 Å². The van der Waals surface area contributed by atoms with Crippen molar-refractivity contribution >= 4 is 5.91 Å². The fourth-order valence-corrected chi connectivity index (χ4v) is 5.18. The monoisotopic (exact) mass is 420 g/mol. The number of carbonyl (C=O) groups excluding carboxylic acids is 1. The summed E-state index contributed by atoms with van der Waals surface area (Å²) in [6, 6.07) is 10.3. The molecular formula is C24H28N4O3. The number of piperidine rings is 1. The highest BCUT2D eigenvalue weighted by Gasteiger charge is 2.43. The first-order valence-electron chi connectivity index (χ1n) is 10.9. The third-order valence-electron chi connectivity index (χ3n) is 6.95. The van der Waals surface area contributed by atoms with E-state index in [1.165, 1.54) is 16.7 Å². The van der Waals surface area contributed by atoms with E-state index in [-0.39, 0.29) is 11.3 Å². The fraction of sp³-hybridized carbons (Fsp3) is 0.458. The molecule has 4 heterocycles. The Morgan fingerprint density at radius 3 is 2.55 bits per heavy atom. The first-order chi connectivity index (χ1) is 14.9. The molecule has 3 aromatic rings. The van der Waals surface area contributed by atoms with E-state index in [2.05, 4.69) is 39.5 Å². The van der Waals surface area contributed by atoms with Crippen LogP contribution in [0.1, 0.15) is 57.2 Å². The van der Waals surface area contributed by atoms with Gasteiger partial charge in [-0.2, -0.15) is 0 Å². The molecule has 0 saturated carbocycles. The van der Waals surface area contributed by atoms with Crippen molar-refractivity contribution in [3.8, 4) is 0 Å². The van der Waals surface area contributed by atoms with Gasteiger partial charge < -0.3 is 13.9 Å². The molecule has 0 radical (unpaired) electrons. The van der Waals surface area contributed by atoms with Crippen molar-refractivity contribution in [1.29, 1.82) is 0 Å². The third kappa shape index (κ3) is 3.57. The summed E-state index contributed by atoms with van der Waals surface area (Å²) in [5.41, 5.74) is 5.16. The van der Waals surface area contributed by atoms with E-state index in [1.54, 1.807) is 6.07 Å². The summed E-state index contributed by atoms with van der Waals surface area (Å²) in [5.74, 6) is 1.51. The zero-order chi connectivity index (χ0) is 21.6. The molecule has 0 N–H and O–H groups in total. The van der Waals surface area contributed by atoms with Gasteiger partial charge >= 0.3 is 0 Å². The van der Waals surface area contributed by atoms with Crippen molar-refractivity contribution in [2.24, 2.45) is 0 Å². The molecule has 2 aromatic heterocycles. The molecule has 2 aliphatic heterocycles. The van der Waals surface area contributed by atoms with Crippen LogP contribution in [0.4, 0.5) is 0 Å². The van der Waals surface area contributed by atoms with Gasteiger partial charge in [-0.3, -0.25) is 9.69 Å².